The number of ether oxygens (including phenoxy) is 3. The van der Waals surface area contributed by atoms with E-state index in [0.29, 0.717) is 24.3 Å². The Balaban J connectivity index is 1.93. The summed E-state index contributed by atoms with van der Waals surface area (Å²) in [5.74, 6) is 1.90. The van der Waals surface area contributed by atoms with Gasteiger partial charge in [-0.3, -0.25) is 4.79 Å². The fourth-order valence-electron chi connectivity index (χ4n) is 2.71. The number of amides is 1. The second kappa shape index (κ2) is 10.4. The summed E-state index contributed by atoms with van der Waals surface area (Å²) in [6.07, 6.45) is 1.04. The first-order valence-electron chi connectivity index (χ1n) is 8.91. The van der Waals surface area contributed by atoms with Gasteiger partial charge < -0.3 is 24.6 Å². The largest absolute Gasteiger partial charge is 0.497 e. The number of hydrogen-bond donors (Lipinski definition) is 2. The van der Waals surface area contributed by atoms with E-state index in [1.54, 1.807) is 20.3 Å². The van der Waals surface area contributed by atoms with E-state index < -0.39 is 0 Å². The molecule has 0 aliphatic carbocycles. The highest BCUT2D eigenvalue weighted by Gasteiger charge is 2.13. The second-order valence-corrected chi connectivity index (χ2v) is 6.12. The lowest BCUT2D eigenvalue weighted by Gasteiger charge is -2.17. The number of benzene rings is 2. The SMILES string of the molecule is COc1cccc(CCC(=O)NC(C)c2ccc(OCCO)c(OC)c2)c1. The van der Waals surface area contributed by atoms with Crippen LogP contribution in [0.2, 0.25) is 0 Å². The van der Waals surface area contributed by atoms with E-state index in [9.17, 15) is 4.79 Å². The molecule has 0 saturated heterocycles. The summed E-state index contributed by atoms with van der Waals surface area (Å²) >= 11 is 0. The molecule has 27 heavy (non-hydrogen) atoms. The lowest BCUT2D eigenvalue weighted by molar-refractivity contribution is -0.121. The molecular formula is C21H27NO5. The van der Waals surface area contributed by atoms with Gasteiger partial charge in [-0.05, 0) is 48.7 Å². The predicted molar refractivity (Wildman–Crippen MR) is 103 cm³/mol. The number of aryl methyl sites for hydroxylation is 1. The average Bonchev–Trinajstić information content (AvgIpc) is 2.70. The van der Waals surface area contributed by atoms with E-state index in [1.165, 1.54) is 0 Å². The van der Waals surface area contributed by atoms with E-state index in [-0.39, 0.29) is 25.2 Å². The number of carbonyl (C=O) groups excluding carboxylic acids is 1. The zero-order valence-electron chi connectivity index (χ0n) is 16.0. The number of rotatable bonds is 10. The van der Waals surface area contributed by atoms with Crippen molar-refractivity contribution in [2.45, 2.75) is 25.8 Å². The van der Waals surface area contributed by atoms with Crippen LogP contribution in [0, 0.1) is 0 Å². The smallest absolute Gasteiger partial charge is 0.220 e. The monoisotopic (exact) mass is 373 g/mol. The van der Waals surface area contributed by atoms with Crippen molar-refractivity contribution in [2.24, 2.45) is 0 Å². The number of carbonyl (C=O) groups is 1. The minimum atomic E-state index is -0.163. The van der Waals surface area contributed by atoms with E-state index in [1.807, 2.05) is 43.3 Å². The molecule has 2 aromatic carbocycles. The lowest BCUT2D eigenvalue weighted by atomic mass is 10.1. The molecule has 2 aromatic rings. The molecule has 0 bridgehead atoms. The van der Waals surface area contributed by atoms with E-state index in [0.717, 1.165) is 16.9 Å². The first-order chi connectivity index (χ1) is 13.1. The number of methoxy groups -OCH3 is 2. The van der Waals surface area contributed by atoms with Gasteiger partial charge in [-0.2, -0.15) is 0 Å². The van der Waals surface area contributed by atoms with Crippen molar-refractivity contribution in [1.82, 2.24) is 5.32 Å². The van der Waals surface area contributed by atoms with Crippen LogP contribution in [0.3, 0.4) is 0 Å². The van der Waals surface area contributed by atoms with Crippen LogP contribution in [0.1, 0.15) is 30.5 Å². The van der Waals surface area contributed by atoms with Crippen molar-refractivity contribution in [3.8, 4) is 17.2 Å². The number of nitrogens with one attached hydrogen (secondary N) is 1. The minimum Gasteiger partial charge on any atom is -0.497 e. The molecule has 0 aliphatic heterocycles. The van der Waals surface area contributed by atoms with Crippen LogP contribution in [0.15, 0.2) is 42.5 Å². The van der Waals surface area contributed by atoms with Crippen molar-refractivity contribution in [3.05, 3.63) is 53.6 Å². The Morgan fingerprint density at radius 2 is 1.93 bits per heavy atom. The Bertz CT molecular complexity index is 747. The Morgan fingerprint density at radius 1 is 1.11 bits per heavy atom. The van der Waals surface area contributed by atoms with Crippen LogP contribution in [0.4, 0.5) is 0 Å². The van der Waals surface area contributed by atoms with Gasteiger partial charge in [-0.25, -0.2) is 0 Å². The third-order valence-electron chi connectivity index (χ3n) is 4.19. The number of aliphatic hydroxyl groups is 1. The lowest BCUT2D eigenvalue weighted by Crippen LogP contribution is -2.26. The minimum absolute atomic E-state index is 0.0232. The maximum absolute atomic E-state index is 12.3. The molecule has 2 rings (SSSR count). The van der Waals surface area contributed by atoms with Gasteiger partial charge in [0.2, 0.25) is 5.91 Å². The van der Waals surface area contributed by atoms with Gasteiger partial charge in [0.25, 0.3) is 0 Å². The van der Waals surface area contributed by atoms with Crippen molar-refractivity contribution in [1.29, 1.82) is 0 Å². The standard InChI is InChI=1S/C21H27NO5/c1-15(17-8-9-19(27-12-11-23)20(14-17)26-3)22-21(24)10-7-16-5-4-6-18(13-16)25-2/h4-6,8-9,13-15,23H,7,10-12H2,1-3H3,(H,22,24). The first kappa shape index (κ1) is 20.6. The maximum atomic E-state index is 12.3. The molecule has 0 saturated carbocycles. The molecule has 0 spiro atoms. The third kappa shape index (κ3) is 6.18. The molecule has 1 unspecified atom stereocenters. The van der Waals surface area contributed by atoms with Crippen molar-refractivity contribution < 1.29 is 24.1 Å². The molecule has 0 aromatic heterocycles. The van der Waals surface area contributed by atoms with Crippen molar-refractivity contribution in [3.63, 3.8) is 0 Å². The van der Waals surface area contributed by atoms with Gasteiger partial charge >= 0.3 is 0 Å². The summed E-state index contributed by atoms with van der Waals surface area (Å²) in [7, 11) is 3.18. The van der Waals surface area contributed by atoms with E-state index >= 15 is 0 Å². The molecular weight excluding hydrogens is 346 g/mol. The van der Waals surface area contributed by atoms with Crippen LogP contribution in [0.5, 0.6) is 17.2 Å². The topological polar surface area (TPSA) is 77.0 Å². The Kier molecular flexibility index (Phi) is 7.95. The summed E-state index contributed by atoms with van der Waals surface area (Å²) in [5, 5.41) is 11.9. The predicted octanol–water partition coefficient (Wildman–Crippen LogP) is 2.88. The summed E-state index contributed by atoms with van der Waals surface area (Å²) in [5.41, 5.74) is 1.97. The van der Waals surface area contributed by atoms with Crippen LogP contribution < -0.4 is 19.5 Å². The fraction of sp³-hybridized carbons (Fsp3) is 0.381. The molecule has 0 heterocycles. The van der Waals surface area contributed by atoms with Crippen LogP contribution in [0.25, 0.3) is 0 Å². The quantitative estimate of drug-likeness (QED) is 0.670. The summed E-state index contributed by atoms with van der Waals surface area (Å²) in [6.45, 7) is 2.06. The molecule has 2 N–H and O–H groups in total. The number of hydrogen-bond acceptors (Lipinski definition) is 5. The average molecular weight is 373 g/mol. The van der Waals surface area contributed by atoms with Crippen LogP contribution in [-0.2, 0) is 11.2 Å². The zero-order valence-corrected chi connectivity index (χ0v) is 16.0. The van der Waals surface area contributed by atoms with Gasteiger partial charge in [0.15, 0.2) is 11.5 Å². The molecule has 0 fully saturated rings. The molecule has 0 aliphatic rings. The molecule has 146 valence electrons. The number of aliphatic hydroxyl groups excluding tert-OH is 1. The highest BCUT2D eigenvalue weighted by atomic mass is 16.5. The second-order valence-electron chi connectivity index (χ2n) is 6.12. The van der Waals surface area contributed by atoms with Gasteiger partial charge in [-0.15, -0.1) is 0 Å². The summed E-state index contributed by atoms with van der Waals surface area (Å²) < 4.78 is 16.0. The van der Waals surface area contributed by atoms with Gasteiger partial charge in [0.1, 0.15) is 12.4 Å². The van der Waals surface area contributed by atoms with Crippen molar-refractivity contribution >= 4 is 5.91 Å². The zero-order chi connectivity index (χ0) is 19.6. The molecule has 1 amide bonds. The molecule has 0 radical (unpaired) electrons. The molecule has 1 atom stereocenters. The van der Waals surface area contributed by atoms with Crippen LogP contribution in [-0.4, -0.2) is 38.4 Å². The highest BCUT2D eigenvalue weighted by molar-refractivity contribution is 5.76. The van der Waals surface area contributed by atoms with Gasteiger partial charge in [-0.1, -0.05) is 18.2 Å². The van der Waals surface area contributed by atoms with Crippen molar-refractivity contribution in [2.75, 3.05) is 27.4 Å². The Morgan fingerprint density at radius 3 is 2.63 bits per heavy atom. The Hall–Kier alpha value is -2.73. The maximum Gasteiger partial charge on any atom is 0.220 e. The normalized spacial score (nSPS) is 11.6. The summed E-state index contributed by atoms with van der Waals surface area (Å²) in [6, 6.07) is 13.0. The Labute approximate surface area is 160 Å². The van der Waals surface area contributed by atoms with E-state index in [2.05, 4.69) is 5.32 Å². The first-order valence-corrected chi connectivity index (χ1v) is 8.91. The van der Waals surface area contributed by atoms with Gasteiger partial charge in [0, 0.05) is 6.42 Å². The highest BCUT2D eigenvalue weighted by Crippen LogP contribution is 2.30. The van der Waals surface area contributed by atoms with Gasteiger partial charge in [0.05, 0.1) is 26.9 Å². The third-order valence-corrected chi connectivity index (χ3v) is 4.19. The fourth-order valence-corrected chi connectivity index (χ4v) is 2.71. The van der Waals surface area contributed by atoms with E-state index in [4.69, 9.17) is 19.3 Å². The summed E-state index contributed by atoms with van der Waals surface area (Å²) in [4.78, 5) is 12.3. The molecule has 6 heteroatoms. The van der Waals surface area contributed by atoms with Crippen LogP contribution >= 0.6 is 0 Å². The molecule has 6 nitrogen and oxygen atoms in total.